The number of para-hydroxylation sites is 1. The van der Waals surface area contributed by atoms with Crippen LogP contribution in [0.4, 0.5) is 8.78 Å². The number of alkyl halides is 2. The van der Waals surface area contributed by atoms with Crippen LogP contribution in [-0.4, -0.2) is 31.1 Å². The molecular formula is C15H22F2N2O. The normalized spacial score (nSPS) is 17.6. The minimum atomic E-state index is -2.77. The minimum absolute atomic E-state index is 0.284. The van der Waals surface area contributed by atoms with Crippen molar-refractivity contribution < 1.29 is 13.5 Å². The average Bonchev–Trinajstić information content (AvgIpc) is 2.43. The van der Waals surface area contributed by atoms with Crippen molar-refractivity contribution in [3.05, 3.63) is 29.8 Å². The Morgan fingerprint density at radius 2 is 1.95 bits per heavy atom. The molecule has 20 heavy (non-hydrogen) atoms. The highest BCUT2D eigenvalue weighted by atomic mass is 19.3. The largest absolute Gasteiger partial charge is 0.434 e. The molecule has 1 fully saturated rings. The number of likely N-dealkylation sites (tertiary alicyclic amines) is 1. The molecule has 1 heterocycles. The summed E-state index contributed by atoms with van der Waals surface area (Å²) in [4.78, 5) is 2.29. The summed E-state index contributed by atoms with van der Waals surface area (Å²) in [6.07, 6.45) is 3.35. The van der Waals surface area contributed by atoms with Crippen molar-refractivity contribution in [2.45, 2.75) is 32.4 Å². The van der Waals surface area contributed by atoms with Gasteiger partial charge in [-0.3, -0.25) is 4.90 Å². The number of hydrogen-bond donors (Lipinski definition) is 1. The van der Waals surface area contributed by atoms with Gasteiger partial charge in [0.25, 0.3) is 0 Å². The average molecular weight is 284 g/mol. The molecule has 0 bridgehead atoms. The first-order chi connectivity index (χ1) is 9.69. The van der Waals surface area contributed by atoms with E-state index in [0.717, 1.165) is 44.5 Å². The zero-order valence-electron chi connectivity index (χ0n) is 11.6. The van der Waals surface area contributed by atoms with Crippen LogP contribution in [-0.2, 0) is 6.54 Å². The lowest BCUT2D eigenvalue weighted by molar-refractivity contribution is -0.0508. The number of halogens is 2. The van der Waals surface area contributed by atoms with E-state index in [1.807, 2.05) is 12.1 Å². The van der Waals surface area contributed by atoms with Crippen LogP contribution in [0.1, 0.15) is 24.8 Å². The van der Waals surface area contributed by atoms with Gasteiger partial charge in [0, 0.05) is 12.1 Å². The molecule has 1 aromatic carbocycles. The van der Waals surface area contributed by atoms with Gasteiger partial charge in [0.2, 0.25) is 0 Å². The number of benzene rings is 1. The van der Waals surface area contributed by atoms with E-state index in [4.69, 9.17) is 5.73 Å². The summed E-state index contributed by atoms with van der Waals surface area (Å²) in [5.41, 5.74) is 6.41. The molecule has 0 spiro atoms. The fourth-order valence-corrected chi connectivity index (χ4v) is 2.76. The summed E-state index contributed by atoms with van der Waals surface area (Å²) in [5.74, 6) is 0.996. The first kappa shape index (κ1) is 15.2. The van der Waals surface area contributed by atoms with Crippen molar-refractivity contribution in [1.29, 1.82) is 0 Å². The molecule has 1 saturated heterocycles. The Kier molecular flexibility index (Phi) is 5.73. The third-order valence-electron chi connectivity index (χ3n) is 3.86. The first-order valence-corrected chi connectivity index (χ1v) is 7.14. The second-order valence-electron chi connectivity index (χ2n) is 5.28. The third-order valence-corrected chi connectivity index (χ3v) is 3.86. The van der Waals surface area contributed by atoms with Gasteiger partial charge in [-0.1, -0.05) is 18.2 Å². The van der Waals surface area contributed by atoms with E-state index in [1.54, 1.807) is 12.1 Å². The third kappa shape index (κ3) is 4.42. The number of hydrogen-bond acceptors (Lipinski definition) is 3. The van der Waals surface area contributed by atoms with Gasteiger partial charge < -0.3 is 10.5 Å². The van der Waals surface area contributed by atoms with Crippen molar-refractivity contribution in [2.24, 2.45) is 11.7 Å². The van der Waals surface area contributed by atoms with E-state index < -0.39 is 6.61 Å². The Labute approximate surface area is 118 Å². The van der Waals surface area contributed by atoms with Crippen LogP contribution < -0.4 is 10.5 Å². The number of rotatable bonds is 6. The monoisotopic (exact) mass is 284 g/mol. The van der Waals surface area contributed by atoms with Crippen molar-refractivity contribution in [2.75, 3.05) is 19.6 Å². The lowest BCUT2D eigenvalue weighted by Gasteiger charge is -2.32. The molecule has 3 nitrogen and oxygen atoms in total. The highest BCUT2D eigenvalue weighted by Crippen LogP contribution is 2.25. The molecule has 112 valence electrons. The Hall–Kier alpha value is -1.20. The van der Waals surface area contributed by atoms with Gasteiger partial charge in [0.15, 0.2) is 0 Å². The van der Waals surface area contributed by atoms with Crippen LogP contribution in [0, 0.1) is 5.92 Å². The second kappa shape index (κ2) is 7.55. The summed E-state index contributed by atoms with van der Waals surface area (Å²) >= 11 is 0. The van der Waals surface area contributed by atoms with E-state index in [9.17, 15) is 8.78 Å². The molecule has 2 N–H and O–H groups in total. The van der Waals surface area contributed by atoms with Gasteiger partial charge in [-0.15, -0.1) is 0 Å². The van der Waals surface area contributed by atoms with Gasteiger partial charge >= 0.3 is 6.61 Å². The van der Waals surface area contributed by atoms with Crippen molar-refractivity contribution >= 4 is 0 Å². The number of nitrogens with zero attached hydrogens (tertiary/aromatic N) is 1. The summed E-state index contributed by atoms with van der Waals surface area (Å²) in [7, 11) is 0. The fourth-order valence-electron chi connectivity index (χ4n) is 2.76. The van der Waals surface area contributed by atoms with Crippen LogP contribution in [0.5, 0.6) is 5.75 Å². The molecule has 0 amide bonds. The fraction of sp³-hybridized carbons (Fsp3) is 0.600. The predicted octanol–water partition coefficient (Wildman–Crippen LogP) is 2.85. The SMILES string of the molecule is NCCC1CCN(Cc2ccccc2OC(F)F)CC1. The maximum atomic E-state index is 12.4. The quantitative estimate of drug-likeness (QED) is 0.873. The van der Waals surface area contributed by atoms with Crippen LogP contribution in [0.25, 0.3) is 0 Å². The van der Waals surface area contributed by atoms with Gasteiger partial charge in [-0.05, 0) is 50.9 Å². The lowest BCUT2D eigenvalue weighted by atomic mass is 9.93. The van der Waals surface area contributed by atoms with Crippen LogP contribution >= 0.6 is 0 Å². The van der Waals surface area contributed by atoms with E-state index in [-0.39, 0.29) is 5.75 Å². The smallest absolute Gasteiger partial charge is 0.387 e. The van der Waals surface area contributed by atoms with Crippen molar-refractivity contribution in [3.63, 3.8) is 0 Å². The molecule has 1 aliphatic rings. The molecule has 0 aliphatic carbocycles. The van der Waals surface area contributed by atoms with E-state index in [2.05, 4.69) is 9.64 Å². The Morgan fingerprint density at radius 1 is 1.25 bits per heavy atom. The minimum Gasteiger partial charge on any atom is -0.434 e. The van der Waals surface area contributed by atoms with E-state index in [0.29, 0.717) is 12.5 Å². The Morgan fingerprint density at radius 3 is 2.60 bits per heavy atom. The van der Waals surface area contributed by atoms with Crippen LogP contribution in [0.2, 0.25) is 0 Å². The standard InChI is InChI=1S/C15H22F2N2O/c16-15(17)20-14-4-2-1-3-13(14)11-19-9-6-12(5-8-18)7-10-19/h1-4,12,15H,5-11,18H2. The molecule has 0 radical (unpaired) electrons. The van der Waals surface area contributed by atoms with Gasteiger partial charge in [-0.25, -0.2) is 0 Å². The maximum absolute atomic E-state index is 12.4. The molecule has 0 atom stereocenters. The molecule has 0 saturated carbocycles. The van der Waals surface area contributed by atoms with E-state index in [1.165, 1.54) is 0 Å². The van der Waals surface area contributed by atoms with Crippen LogP contribution in [0.3, 0.4) is 0 Å². The van der Waals surface area contributed by atoms with Crippen molar-refractivity contribution in [1.82, 2.24) is 4.90 Å². The molecule has 0 unspecified atom stereocenters. The summed E-state index contributed by atoms with van der Waals surface area (Å²) in [5, 5.41) is 0. The van der Waals surface area contributed by atoms with Gasteiger partial charge in [-0.2, -0.15) is 8.78 Å². The molecule has 2 rings (SSSR count). The molecule has 1 aromatic rings. The number of ether oxygens (including phenoxy) is 1. The highest BCUT2D eigenvalue weighted by Gasteiger charge is 2.20. The maximum Gasteiger partial charge on any atom is 0.387 e. The zero-order chi connectivity index (χ0) is 14.4. The van der Waals surface area contributed by atoms with Gasteiger partial charge in [0.05, 0.1) is 0 Å². The zero-order valence-corrected chi connectivity index (χ0v) is 11.6. The van der Waals surface area contributed by atoms with Crippen LogP contribution in [0.15, 0.2) is 24.3 Å². The summed E-state index contributed by atoms with van der Waals surface area (Å²) in [6, 6.07) is 7.02. The number of nitrogens with two attached hydrogens (primary N) is 1. The highest BCUT2D eigenvalue weighted by molar-refractivity contribution is 5.33. The second-order valence-corrected chi connectivity index (χ2v) is 5.28. The Bertz CT molecular complexity index is 407. The molecule has 5 heteroatoms. The first-order valence-electron chi connectivity index (χ1n) is 7.14. The topological polar surface area (TPSA) is 38.5 Å². The lowest BCUT2D eigenvalue weighted by Crippen LogP contribution is -2.34. The Balaban J connectivity index is 1.91. The van der Waals surface area contributed by atoms with Gasteiger partial charge in [0.1, 0.15) is 5.75 Å². The molecular weight excluding hydrogens is 262 g/mol. The predicted molar refractivity (Wildman–Crippen MR) is 74.7 cm³/mol. The van der Waals surface area contributed by atoms with Crippen molar-refractivity contribution in [3.8, 4) is 5.75 Å². The number of piperidine rings is 1. The molecule has 1 aliphatic heterocycles. The molecule has 0 aromatic heterocycles. The summed E-state index contributed by atoms with van der Waals surface area (Å²) < 4.78 is 29.3. The van der Waals surface area contributed by atoms with E-state index >= 15 is 0 Å². The summed E-state index contributed by atoms with van der Waals surface area (Å²) in [6.45, 7) is 0.626.